The van der Waals surface area contributed by atoms with E-state index in [-0.39, 0.29) is 0 Å². The van der Waals surface area contributed by atoms with E-state index in [0.717, 1.165) is 16.6 Å². The van der Waals surface area contributed by atoms with E-state index in [1.165, 1.54) is 0 Å². The smallest absolute Gasteiger partial charge is 0.127 e. The zero-order valence-electron chi connectivity index (χ0n) is 10.5. The normalized spacial score (nSPS) is 9.90. The second-order valence-corrected chi connectivity index (χ2v) is 4.35. The SMILES string of the molecule is N#Cc1ccc(Nc2[nH]c3ccccc3c2C#N)cc1. The maximum Gasteiger partial charge on any atom is 0.127 e. The standard InChI is InChI=1S/C16H10N4/c17-9-11-5-7-12(8-6-11)19-16-14(10-18)13-3-1-2-4-15(13)20-16/h1-8,19-20H. The van der Waals surface area contributed by atoms with Crippen LogP contribution in [-0.2, 0) is 0 Å². The molecule has 0 bridgehead atoms. The summed E-state index contributed by atoms with van der Waals surface area (Å²) >= 11 is 0. The third-order valence-corrected chi connectivity index (χ3v) is 3.10. The summed E-state index contributed by atoms with van der Waals surface area (Å²) in [6.07, 6.45) is 0. The van der Waals surface area contributed by atoms with E-state index in [1.807, 2.05) is 36.4 Å². The van der Waals surface area contributed by atoms with Gasteiger partial charge in [0, 0.05) is 16.6 Å². The van der Waals surface area contributed by atoms with Crippen molar-refractivity contribution >= 4 is 22.4 Å². The van der Waals surface area contributed by atoms with Crippen LogP contribution in [0.2, 0.25) is 0 Å². The van der Waals surface area contributed by atoms with Crippen molar-refractivity contribution in [2.45, 2.75) is 0 Å². The number of aromatic amines is 1. The molecule has 0 spiro atoms. The summed E-state index contributed by atoms with van der Waals surface area (Å²) in [5.74, 6) is 0.665. The molecule has 4 heteroatoms. The lowest BCUT2D eigenvalue weighted by Crippen LogP contribution is -1.92. The topological polar surface area (TPSA) is 75.4 Å². The summed E-state index contributed by atoms with van der Waals surface area (Å²) < 4.78 is 0. The van der Waals surface area contributed by atoms with E-state index < -0.39 is 0 Å². The predicted molar refractivity (Wildman–Crippen MR) is 77.5 cm³/mol. The Morgan fingerprint density at radius 2 is 1.65 bits per heavy atom. The maximum atomic E-state index is 9.31. The number of rotatable bonds is 2. The number of anilines is 2. The van der Waals surface area contributed by atoms with Gasteiger partial charge in [-0.2, -0.15) is 10.5 Å². The van der Waals surface area contributed by atoms with Crippen LogP contribution < -0.4 is 5.32 Å². The quantitative estimate of drug-likeness (QED) is 0.736. The fraction of sp³-hybridized carbons (Fsp3) is 0. The Morgan fingerprint density at radius 3 is 2.35 bits per heavy atom. The number of fused-ring (bicyclic) bond motifs is 1. The largest absolute Gasteiger partial charge is 0.341 e. The maximum absolute atomic E-state index is 9.31. The highest BCUT2D eigenvalue weighted by molar-refractivity contribution is 5.92. The lowest BCUT2D eigenvalue weighted by Gasteiger charge is -2.04. The molecule has 20 heavy (non-hydrogen) atoms. The number of aromatic nitrogens is 1. The lowest BCUT2D eigenvalue weighted by atomic mass is 10.2. The summed E-state index contributed by atoms with van der Waals surface area (Å²) in [5, 5.41) is 22.2. The average molecular weight is 258 g/mol. The summed E-state index contributed by atoms with van der Waals surface area (Å²) in [7, 11) is 0. The molecule has 94 valence electrons. The molecule has 3 aromatic rings. The molecule has 4 nitrogen and oxygen atoms in total. The van der Waals surface area contributed by atoms with E-state index in [1.54, 1.807) is 12.1 Å². The van der Waals surface area contributed by atoms with Crippen LogP contribution in [0.4, 0.5) is 11.5 Å². The van der Waals surface area contributed by atoms with Crippen LogP contribution in [0, 0.1) is 22.7 Å². The van der Waals surface area contributed by atoms with Crippen molar-refractivity contribution in [3.8, 4) is 12.1 Å². The Hall–Kier alpha value is -3.24. The fourth-order valence-corrected chi connectivity index (χ4v) is 2.12. The van der Waals surface area contributed by atoms with Gasteiger partial charge in [-0.05, 0) is 30.3 Å². The fourth-order valence-electron chi connectivity index (χ4n) is 2.12. The number of para-hydroxylation sites is 1. The van der Waals surface area contributed by atoms with Crippen molar-refractivity contribution in [3.63, 3.8) is 0 Å². The van der Waals surface area contributed by atoms with Crippen LogP contribution in [0.5, 0.6) is 0 Å². The molecule has 0 fully saturated rings. The number of nitrogens with one attached hydrogen (secondary N) is 2. The van der Waals surface area contributed by atoms with Gasteiger partial charge < -0.3 is 10.3 Å². The summed E-state index contributed by atoms with van der Waals surface area (Å²) in [4.78, 5) is 3.19. The number of nitrogens with zero attached hydrogens (tertiary/aromatic N) is 2. The Labute approximate surface area is 115 Å². The first kappa shape index (κ1) is 11.8. The van der Waals surface area contributed by atoms with Gasteiger partial charge in [-0.3, -0.25) is 0 Å². The third kappa shape index (κ3) is 1.96. The highest BCUT2D eigenvalue weighted by Crippen LogP contribution is 2.27. The molecule has 0 saturated carbocycles. The van der Waals surface area contributed by atoms with Crippen molar-refractivity contribution in [3.05, 3.63) is 59.7 Å². The van der Waals surface area contributed by atoms with Gasteiger partial charge in [0.15, 0.2) is 0 Å². The molecule has 2 aromatic carbocycles. The van der Waals surface area contributed by atoms with E-state index in [0.29, 0.717) is 16.9 Å². The highest BCUT2D eigenvalue weighted by atomic mass is 15.0. The van der Waals surface area contributed by atoms with Gasteiger partial charge in [0.25, 0.3) is 0 Å². The number of benzene rings is 2. The molecule has 1 heterocycles. The Balaban J connectivity index is 2.02. The molecule has 3 rings (SSSR count). The van der Waals surface area contributed by atoms with Gasteiger partial charge in [-0.25, -0.2) is 0 Å². The number of nitriles is 2. The predicted octanol–water partition coefficient (Wildman–Crippen LogP) is 3.65. The first-order chi connectivity index (χ1) is 9.81. The minimum atomic E-state index is 0.588. The van der Waals surface area contributed by atoms with Crippen molar-refractivity contribution in [1.29, 1.82) is 10.5 Å². The van der Waals surface area contributed by atoms with Crippen LogP contribution in [0.15, 0.2) is 48.5 Å². The van der Waals surface area contributed by atoms with Gasteiger partial charge in [0.05, 0.1) is 11.6 Å². The minimum absolute atomic E-state index is 0.588. The second kappa shape index (κ2) is 4.79. The Bertz CT molecular complexity index is 845. The van der Waals surface area contributed by atoms with Crippen LogP contribution >= 0.6 is 0 Å². The molecular weight excluding hydrogens is 248 g/mol. The van der Waals surface area contributed by atoms with Crippen LogP contribution in [0.25, 0.3) is 10.9 Å². The van der Waals surface area contributed by atoms with E-state index in [2.05, 4.69) is 22.4 Å². The molecule has 0 aliphatic carbocycles. The molecule has 0 unspecified atom stereocenters. The van der Waals surface area contributed by atoms with Gasteiger partial charge in [0.1, 0.15) is 17.5 Å². The van der Waals surface area contributed by atoms with Gasteiger partial charge >= 0.3 is 0 Å². The third-order valence-electron chi connectivity index (χ3n) is 3.10. The Morgan fingerprint density at radius 1 is 0.900 bits per heavy atom. The molecule has 0 aliphatic heterocycles. The molecule has 0 amide bonds. The van der Waals surface area contributed by atoms with Crippen LogP contribution in [0.3, 0.4) is 0 Å². The molecular formula is C16H10N4. The van der Waals surface area contributed by atoms with Crippen molar-refractivity contribution in [2.24, 2.45) is 0 Å². The van der Waals surface area contributed by atoms with Crippen molar-refractivity contribution in [1.82, 2.24) is 4.98 Å². The molecule has 0 aliphatic rings. The molecule has 1 aromatic heterocycles. The van der Waals surface area contributed by atoms with E-state index in [9.17, 15) is 5.26 Å². The lowest BCUT2D eigenvalue weighted by molar-refractivity contribution is 1.39. The van der Waals surface area contributed by atoms with Gasteiger partial charge in [-0.1, -0.05) is 18.2 Å². The number of H-pyrrole nitrogens is 1. The van der Waals surface area contributed by atoms with Crippen molar-refractivity contribution in [2.75, 3.05) is 5.32 Å². The number of hydrogen-bond donors (Lipinski definition) is 2. The first-order valence-corrected chi connectivity index (χ1v) is 6.10. The van der Waals surface area contributed by atoms with E-state index >= 15 is 0 Å². The summed E-state index contributed by atoms with van der Waals surface area (Å²) in [6.45, 7) is 0. The van der Waals surface area contributed by atoms with E-state index in [4.69, 9.17) is 5.26 Å². The monoisotopic (exact) mass is 258 g/mol. The van der Waals surface area contributed by atoms with Crippen molar-refractivity contribution < 1.29 is 0 Å². The van der Waals surface area contributed by atoms with Gasteiger partial charge in [-0.15, -0.1) is 0 Å². The Kier molecular flexibility index (Phi) is 2.84. The van der Waals surface area contributed by atoms with Gasteiger partial charge in [0.2, 0.25) is 0 Å². The molecule has 0 saturated heterocycles. The first-order valence-electron chi connectivity index (χ1n) is 6.10. The number of hydrogen-bond acceptors (Lipinski definition) is 3. The molecule has 0 atom stereocenters. The summed E-state index contributed by atoms with van der Waals surface area (Å²) in [5.41, 5.74) is 2.94. The van der Waals surface area contributed by atoms with Crippen LogP contribution in [-0.4, -0.2) is 4.98 Å². The average Bonchev–Trinajstić information content (AvgIpc) is 2.85. The summed E-state index contributed by atoms with van der Waals surface area (Å²) in [6, 6.07) is 19.0. The minimum Gasteiger partial charge on any atom is -0.341 e. The zero-order chi connectivity index (χ0) is 13.9. The molecule has 2 N–H and O–H groups in total. The second-order valence-electron chi connectivity index (χ2n) is 4.35. The highest BCUT2D eigenvalue weighted by Gasteiger charge is 2.10. The zero-order valence-corrected chi connectivity index (χ0v) is 10.5. The molecule has 0 radical (unpaired) electrons. The van der Waals surface area contributed by atoms with Crippen LogP contribution in [0.1, 0.15) is 11.1 Å².